The minimum atomic E-state index is -0.0201. The number of amides is 1. The van der Waals surface area contributed by atoms with Gasteiger partial charge in [0.25, 0.3) is 5.91 Å². The van der Waals surface area contributed by atoms with E-state index in [9.17, 15) is 4.79 Å². The van der Waals surface area contributed by atoms with Crippen molar-refractivity contribution in [3.05, 3.63) is 65.5 Å². The van der Waals surface area contributed by atoms with Crippen LogP contribution in [0.25, 0.3) is 0 Å². The summed E-state index contributed by atoms with van der Waals surface area (Å²) in [5.41, 5.74) is 8.87. The van der Waals surface area contributed by atoms with Gasteiger partial charge >= 0.3 is 0 Å². The molecule has 2 heterocycles. The minimum absolute atomic E-state index is 0.0201. The molecule has 0 unspecified atom stereocenters. The first kappa shape index (κ1) is 13.8. The molecule has 0 spiro atoms. The fourth-order valence-corrected chi connectivity index (χ4v) is 2.93. The number of likely N-dealkylation sites (tertiary alicyclic amines) is 1. The fourth-order valence-electron chi connectivity index (χ4n) is 2.93. The first-order chi connectivity index (χ1) is 10.2. The smallest absolute Gasteiger partial charge is 0.255 e. The molecule has 1 aromatic carbocycles. The second-order valence-corrected chi connectivity index (χ2v) is 5.53. The molecule has 4 nitrogen and oxygen atoms in total. The second-order valence-electron chi connectivity index (χ2n) is 5.53. The van der Waals surface area contributed by atoms with Crippen LogP contribution in [-0.2, 0) is 0 Å². The molecule has 108 valence electrons. The van der Waals surface area contributed by atoms with E-state index in [1.54, 1.807) is 12.3 Å². The van der Waals surface area contributed by atoms with Crippen molar-refractivity contribution in [3.63, 3.8) is 0 Å². The van der Waals surface area contributed by atoms with Gasteiger partial charge in [-0.25, -0.2) is 0 Å². The molecule has 1 aliphatic heterocycles. The third kappa shape index (κ3) is 2.67. The van der Waals surface area contributed by atoms with Crippen molar-refractivity contribution in [1.29, 1.82) is 0 Å². The first-order valence-corrected chi connectivity index (χ1v) is 7.18. The first-order valence-electron chi connectivity index (χ1n) is 7.18. The van der Waals surface area contributed by atoms with E-state index in [1.807, 2.05) is 36.1 Å². The van der Waals surface area contributed by atoms with Crippen molar-refractivity contribution >= 4 is 5.91 Å². The highest BCUT2D eigenvalue weighted by molar-refractivity contribution is 5.95. The lowest BCUT2D eigenvalue weighted by atomic mass is 9.95. The number of nitrogens with zero attached hydrogens (tertiary/aromatic N) is 2. The highest BCUT2D eigenvalue weighted by Gasteiger charge is 2.34. The van der Waals surface area contributed by atoms with Crippen LogP contribution in [0.3, 0.4) is 0 Å². The summed E-state index contributed by atoms with van der Waals surface area (Å²) < 4.78 is 0. The molecule has 1 amide bonds. The van der Waals surface area contributed by atoms with E-state index in [1.165, 1.54) is 5.56 Å². The predicted octanol–water partition coefficient (Wildman–Crippen LogP) is 1.96. The number of rotatable bonds is 2. The number of aromatic nitrogens is 1. The van der Waals surface area contributed by atoms with Crippen molar-refractivity contribution in [2.24, 2.45) is 5.73 Å². The molecule has 2 aromatic rings. The third-order valence-electron chi connectivity index (χ3n) is 4.12. The van der Waals surface area contributed by atoms with E-state index >= 15 is 0 Å². The van der Waals surface area contributed by atoms with Crippen molar-refractivity contribution in [2.45, 2.75) is 18.9 Å². The molecular formula is C17H19N3O. The van der Waals surface area contributed by atoms with Gasteiger partial charge in [-0.3, -0.25) is 9.78 Å². The van der Waals surface area contributed by atoms with Crippen LogP contribution in [0.15, 0.2) is 48.7 Å². The predicted molar refractivity (Wildman–Crippen MR) is 82.0 cm³/mol. The van der Waals surface area contributed by atoms with Crippen LogP contribution in [0.2, 0.25) is 0 Å². The quantitative estimate of drug-likeness (QED) is 0.915. The van der Waals surface area contributed by atoms with Gasteiger partial charge in [0.2, 0.25) is 0 Å². The summed E-state index contributed by atoms with van der Waals surface area (Å²) in [6.07, 6.45) is 1.70. The Kier molecular flexibility index (Phi) is 3.71. The number of carbonyl (C=O) groups excluding carboxylic acids is 1. The van der Waals surface area contributed by atoms with Gasteiger partial charge in [0.05, 0.1) is 5.56 Å². The number of pyridine rings is 1. The zero-order chi connectivity index (χ0) is 14.8. The molecule has 0 radical (unpaired) electrons. The SMILES string of the molecule is Cc1ncccc1C(=O)N1C[C@@H](N)[C@H](c2ccccc2)C1. The Balaban J connectivity index is 1.80. The minimum Gasteiger partial charge on any atom is -0.336 e. The molecule has 1 aliphatic rings. The Morgan fingerprint density at radius 2 is 1.95 bits per heavy atom. The van der Waals surface area contributed by atoms with Crippen LogP contribution in [0, 0.1) is 6.92 Å². The summed E-state index contributed by atoms with van der Waals surface area (Å²) in [6, 6.07) is 13.8. The Morgan fingerprint density at radius 1 is 1.19 bits per heavy atom. The molecule has 3 rings (SSSR count). The summed E-state index contributed by atoms with van der Waals surface area (Å²) in [6.45, 7) is 3.11. The molecule has 21 heavy (non-hydrogen) atoms. The number of benzene rings is 1. The molecular weight excluding hydrogens is 262 g/mol. The average Bonchev–Trinajstić information content (AvgIpc) is 2.90. The van der Waals surface area contributed by atoms with E-state index in [-0.39, 0.29) is 17.9 Å². The van der Waals surface area contributed by atoms with Crippen LogP contribution < -0.4 is 5.73 Å². The van der Waals surface area contributed by atoms with Crippen molar-refractivity contribution in [1.82, 2.24) is 9.88 Å². The Morgan fingerprint density at radius 3 is 2.67 bits per heavy atom. The van der Waals surface area contributed by atoms with Gasteiger partial charge in [-0.05, 0) is 24.6 Å². The van der Waals surface area contributed by atoms with Crippen molar-refractivity contribution < 1.29 is 4.79 Å². The van der Waals surface area contributed by atoms with E-state index in [0.29, 0.717) is 18.7 Å². The average molecular weight is 281 g/mol. The van der Waals surface area contributed by atoms with Gasteiger partial charge in [-0.1, -0.05) is 30.3 Å². The lowest BCUT2D eigenvalue weighted by molar-refractivity contribution is 0.0788. The van der Waals surface area contributed by atoms with Crippen molar-refractivity contribution in [2.75, 3.05) is 13.1 Å². The van der Waals surface area contributed by atoms with Crippen LogP contribution in [0.4, 0.5) is 0 Å². The van der Waals surface area contributed by atoms with E-state index in [4.69, 9.17) is 5.73 Å². The van der Waals surface area contributed by atoms with Crippen LogP contribution in [0.5, 0.6) is 0 Å². The molecule has 2 atom stereocenters. The maximum Gasteiger partial charge on any atom is 0.255 e. The lowest BCUT2D eigenvalue weighted by Crippen LogP contribution is -2.32. The summed E-state index contributed by atoms with van der Waals surface area (Å²) >= 11 is 0. The highest BCUT2D eigenvalue weighted by Crippen LogP contribution is 2.27. The topological polar surface area (TPSA) is 59.2 Å². The van der Waals surface area contributed by atoms with E-state index in [0.717, 1.165) is 5.69 Å². The van der Waals surface area contributed by atoms with Crippen LogP contribution in [0.1, 0.15) is 27.5 Å². The normalized spacial score (nSPS) is 21.5. The second kappa shape index (κ2) is 5.66. The zero-order valence-electron chi connectivity index (χ0n) is 12.1. The Hall–Kier alpha value is -2.20. The zero-order valence-corrected chi connectivity index (χ0v) is 12.1. The number of nitrogens with two attached hydrogens (primary N) is 1. The fraction of sp³-hybridized carbons (Fsp3) is 0.294. The maximum atomic E-state index is 12.6. The summed E-state index contributed by atoms with van der Waals surface area (Å²) in [4.78, 5) is 18.6. The molecule has 1 fully saturated rings. The number of aryl methyl sites for hydroxylation is 1. The number of hydrogen-bond acceptors (Lipinski definition) is 3. The molecule has 0 saturated carbocycles. The standard InChI is InChI=1S/C17H19N3O/c1-12-14(8-5-9-19-12)17(21)20-10-15(16(18)11-20)13-6-3-2-4-7-13/h2-9,15-16H,10-11,18H2,1H3/t15-,16+/m0/s1. The van der Waals surface area contributed by atoms with Gasteiger partial charge in [0, 0.05) is 36.9 Å². The van der Waals surface area contributed by atoms with Crippen LogP contribution in [-0.4, -0.2) is 34.9 Å². The van der Waals surface area contributed by atoms with Crippen molar-refractivity contribution in [3.8, 4) is 0 Å². The highest BCUT2D eigenvalue weighted by atomic mass is 16.2. The summed E-state index contributed by atoms with van der Waals surface area (Å²) in [5.74, 6) is 0.224. The summed E-state index contributed by atoms with van der Waals surface area (Å²) in [7, 11) is 0. The maximum absolute atomic E-state index is 12.6. The molecule has 4 heteroatoms. The lowest BCUT2D eigenvalue weighted by Gasteiger charge is -2.17. The molecule has 0 aliphatic carbocycles. The van der Waals surface area contributed by atoms with Gasteiger partial charge in [-0.15, -0.1) is 0 Å². The Labute approximate surface area is 124 Å². The Bertz CT molecular complexity index is 641. The van der Waals surface area contributed by atoms with Gasteiger partial charge in [0.1, 0.15) is 0 Å². The monoisotopic (exact) mass is 281 g/mol. The molecule has 1 saturated heterocycles. The van der Waals surface area contributed by atoms with Gasteiger partial charge in [-0.2, -0.15) is 0 Å². The van der Waals surface area contributed by atoms with Gasteiger partial charge in [0.15, 0.2) is 0 Å². The molecule has 1 aromatic heterocycles. The third-order valence-corrected chi connectivity index (χ3v) is 4.12. The summed E-state index contributed by atoms with van der Waals surface area (Å²) in [5, 5.41) is 0. The van der Waals surface area contributed by atoms with Crippen LogP contribution >= 0.6 is 0 Å². The molecule has 2 N–H and O–H groups in total. The van der Waals surface area contributed by atoms with E-state index < -0.39 is 0 Å². The van der Waals surface area contributed by atoms with E-state index in [2.05, 4.69) is 17.1 Å². The largest absolute Gasteiger partial charge is 0.336 e. The van der Waals surface area contributed by atoms with Gasteiger partial charge < -0.3 is 10.6 Å². The number of hydrogen-bond donors (Lipinski definition) is 1. The number of carbonyl (C=O) groups is 1. The molecule has 0 bridgehead atoms.